The van der Waals surface area contributed by atoms with Gasteiger partial charge in [-0.15, -0.1) is 0 Å². The summed E-state index contributed by atoms with van der Waals surface area (Å²) in [5.74, 6) is 0. The van der Waals surface area contributed by atoms with Gasteiger partial charge >= 0.3 is 6.18 Å². The van der Waals surface area contributed by atoms with Gasteiger partial charge in [-0.2, -0.15) is 13.2 Å². The molecule has 1 aromatic rings. The van der Waals surface area contributed by atoms with Gasteiger partial charge in [0.05, 0.1) is 59.5 Å². The Kier molecular flexibility index (Phi) is 12.3. The van der Waals surface area contributed by atoms with Gasteiger partial charge < -0.3 is 23.7 Å². The highest BCUT2D eigenvalue weighted by atomic mass is 19.4. The summed E-state index contributed by atoms with van der Waals surface area (Å²) >= 11 is 0. The number of ether oxygens (including phenoxy) is 5. The predicted octanol–water partition coefficient (Wildman–Crippen LogP) is 2.83. The van der Waals surface area contributed by atoms with Crippen LogP contribution in [0.5, 0.6) is 0 Å². The lowest BCUT2D eigenvalue weighted by Gasteiger charge is -2.09. The summed E-state index contributed by atoms with van der Waals surface area (Å²) in [5.41, 5.74) is 1.12. The molecule has 5 nitrogen and oxygen atoms in total. The first kappa shape index (κ1) is 21.9. The Morgan fingerprint density at radius 1 is 0.600 bits per heavy atom. The fraction of sp³-hybridized carbons (Fsp3) is 0.647. The summed E-state index contributed by atoms with van der Waals surface area (Å²) < 4.78 is 60.9. The zero-order chi connectivity index (χ0) is 18.2. The van der Waals surface area contributed by atoms with Crippen molar-refractivity contribution in [1.29, 1.82) is 0 Å². The van der Waals surface area contributed by atoms with Gasteiger partial charge in [0.15, 0.2) is 0 Å². The highest BCUT2D eigenvalue weighted by Gasteiger charge is 2.27. The van der Waals surface area contributed by atoms with Gasteiger partial charge in [0.2, 0.25) is 0 Å². The fourth-order valence-corrected chi connectivity index (χ4v) is 1.73. The van der Waals surface area contributed by atoms with E-state index in [0.717, 1.165) is 5.56 Å². The normalized spacial score (nSPS) is 11.8. The predicted molar refractivity (Wildman–Crippen MR) is 85.4 cm³/mol. The lowest BCUT2D eigenvalue weighted by atomic mass is 10.2. The molecule has 8 heteroatoms. The minimum Gasteiger partial charge on any atom is -0.377 e. The van der Waals surface area contributed by atoms with Crippen LogP contribution < -0.4 is 0 Å². The number of halogens is 3. The van der Waals surface area contributed by atoms with E-state index in [1.165, 1.54) is 0 Å². The molecular formula is C17H25F3O5. The molecule has 144 valence electrons. The van der Waals surface area contributed by atoms with Gasteiger partial charge in [-0.05, 0) is 5.56 Å². The highest BCUT2D eigenvalue weighted by Crippen LogP contribution is 2.13. The second kappa shape index (κ2) is 14.0. The number of alkyl halides is 3. The molecule has 0 fully saturated rings. The maximum Gasteiger partial charge on any atom is 0.411 e. The van der Waals surface area contributed by atoms with Crippen LogP contribution in [0.25, 0.3) is 0 Å². The van der Waals surface area contributed by atoms with Crippen LogP contribution in [0.2, 0.25) is 0 Å². The van der Waals surface area contributed by atoms with Gasteiger partial charge in [0, 0.05) is 0 Å². The quantitative estimate of drug-likeness (QED) is 0.447. The lowest BCUT2D eigenvalue weighted by Crippen LogP contribution is -2.19. The molecule has 0 bridgehead atoms. The first-order chi connectivity index (χ1) is 12.1. The average Bonchev–Trinajstić information content (AvgIpc) is 2.58. The molecule has 0 aliphatic rings. The summed E-state index contributed by atoms with van der Waals surface area (Å²) in [6, 6.07) is 9.88. The molecule has 0 unspecified atom stereocenters. The first-order valence-corrected chi connectivity index (χ1v) is 8.07. The van der Waals surface area contributed by atoms with E-state index in [1.807, 2.05) is 30.3 Å². The van der Waals surface area contributed by atoms with Gasteiger partial charge in [-0.1, -0.05) is 30.3 Å². The SMILES string of the molecule is FC(F)(F)COCCOCCOCCOCCOCc1ccccc1. The van der Waals surface area contributed by atoms with Crippen LogP contribution in [-0.2, 0) is 30.3 Å². The molecule has 25 heavy (non-hydrogen) atoms. The molecular weight excluding hydrogens is 341 g/mol. The number of hydrogen-bond donors (Lipinski definition) is 0. The molecule has 0 atom stereocenters. The van der Waals surface area contributed by atoms with Crippen LogP contribution in [-0.4, -0.2) is 65.6 Å². The molecule has 0 saturated heterocycles. The Morgan fingerprint density at radius 3 is 1.52 bits per heavy atom. The Labute approximate surface area is 146 Å². The third-order valence-electron chi connectivity index (χ3n) is 2.87. The molecule has 0 amide bonds. The molecule has 0 radical (unpaired) electrons. The van der Waals surface area contributed by atoms with E-state index in [4.69, 9.17) is 18.9 Å². The summed E-state index contributed by atoms with van der Waals surface area (Å²) in [4.78, 5) is 0. The molecule has 1 aromatic carbocycles. The van der Waals surface area contributed by atoms with Crippen molar-refractivity contribution in [3.05, 3.63) is 35.9 Å². The molecule has 0 spiro atoms. The molecule has 0 aliphatic carbocycles. The van der Waals surface area contributed by atoms with Crippen LogP contribution in [0.3, 0.4) is 0 Å². The molecule has 0 N–H and O–H groups in total. The van der Waals surface area contributed by atoms with Crippen LogP contribution in [0.15, 0.2) is 30.3 Å². The van der Waals surface area contributed by atoms with Crippen molar-refractivity contribution in [3.8, 4) is 0 Å². The number of hydrogen-bond acceptors (Lipinski definition) is 5. The Morgan fingerprint density at radius 2 is 1.04 bits per heavy atom. The second-order valence-electron chi connectivity index (χ2n) is 5.04. The minimum atomic E-state index is -4.30. The maximum atomic E-state index is 11.8. The summed E-state index contributed by atoms with van der Waals surface area (Å²) in [7, 11) is 0. The smallest absolute Gasteiger partial charge is 0.377 e. The largest absolute Gasteiger partial charge is 0.411 e. The van der Waals surface area contributed by atoms with E-state index < -0.39 is 12.8 Å². The van der Waals surface area contributed by atoms with Crippen LogP contribution in [0.1, 0.15) is 5.56 Å². The molecule has 1 rings (SSSR count). The van der Waals surface area contributed by atoms with Crippen molar-refractivity contribution in [2.24, 2.45) is 0 Å². The first-order valence-electron chi connectivity index (χ1n) is 8.07. The van der Waals surface area contributed by atoms with Crippen LogP contribution in [0.4, 0.5) is 13.2 Å². The minimum absolute atomic E-state index is 0.0917. The summed E-state index contributed by atoms with van der Waals surface area (Å²) in [6.07, 6.45) is -4.30. The third-order valence-corrected chi connectivity index (χ3v) is 2.87. The Bertz CT molecular complexity index is 414. The highest BCUT2D eigenvalue weighted by molar-refractivity contribution is 5.13. The molecule has 0 aromatic heterocycles. The molecule has 0 aliphatic heterocycles. The number of rotatable bonds is 15. The second-order valence-corrected chi connectivity index (χ2v) is 5.04. The summed E-state index contributed by atoms with van der Waals surface area (Å²) in [5, 5.41) is 0. The lowest BCUT2D eigenvalue weighted by molar-refractivity contribution is -0.176. The van der Waals surface area contributed by atoms with Gasteiger partial charge in [-0.3, -0.25) is 0 Å². The zero-order valence-electron chi connectivity index (χ0n) is 14.1. The third kappa shape index (κ3) is 14.8. The average molecular weight is 366 g/mol. The van der Waals surface area contributed by atoms with Crippen molar-refractivity contribution >= 4 is 0 Å². The maximum absolute atomic E-state index is 11.8. The van der Waals surface area contributed by atoms with Crippen LogP contribution >= 0.6 is 0 Å². The van der Waals surface area contributed by atoms with Crippen LogP contribution in [0, 0.1) is 0 Å². The van der Waals surface area contributed by atoms with Gasteiger partial charge in [0.1, 0.15) is 6.61 Å². The standard InChI is InChI=1S/C17H25F3O5/c18-17(19,20)15-25-13-11-23-9-7-21-6-8-22-10-12-24-14-16-4-2-1-3-5-16/h1-5H,6-15H2. The molecule has 0 saturated carbocycles. The van der Waals surface area contributed by atoms with Crippen molar-refractivity contribution in [3.63, 3.8) is 0 Å². The van der Waals surface area contributed by atoms with Crippen molar-refractivity contribution < 1.29 is 36.9 Å². The van der Waals surface area contributed by atoms with Gasteiger partial charge in [0.25, 0.3) is 0 Å². The van der Waals surface area contributed by atoms with E-state index in [0.29, 0.717) is 46.2 Å². The van der Waals surface area contributed by atoms with Crippen molar-refractivity contribution in [1.82, 2.24) is 0 Å². The van der Waals surface area contributed by atoms with Gasteiger partial charge in [-0.25, -0.2) is 0 Å². The Hall–Kier alpha value is -1.19. The van der Waals surface area contributed by atoms with E-state index in [2.05, 4.69) is 4.74 Å². The number of benzene rings is 1. The topological polar surface area (TPSA) is 46.2 Å². The molecule has 0 heterocycles. The van der Waals surface area contributed by atoms with E-state index >= 15 is 0 Å². The zero-order valence-corrected chi connectivity index (χ0v) is 14.1. The Balaban J connectivity index is 1.73. The van der Waals surface area contributed by atoms with E-state index in [-0.39, 0.29) is 13.2 Å². The summed E-state index contributed by atoms with van der Waals surface area (Å²) in [6.45, 7) is 1.85. The van der Waals surface area contributed by atoms with E-state index in [9.17, 15) is 13.2 Å². The fourth-order valence-electron chi connectivity index (χ4n) is 1.73. The van der Waals surface area contributed by atoms with E-state index in [1.54, 1.807) is 0 Å². The van der Waals surface area contributed by atoms with Crippen molar-refractivity contribution in [2.45, 2.75) is 12.8 Å². The van der Waals surface area contributed by atoms with Crippen molar-refractivity contribution in [2.75, 3.05) is 59.5 Å². The monoisotopic (exact) mass is 366 g/mol.